The Morgan fingerprint density at radius 3 is 2.32 bits per heavy atom. The predicted molar refractivity (Wildman–Crippen MR) is 121 cm³/mol. The summed E-state index contributed by atoms with van der Waals surface area (Å²) in [5, 5.41) is 16.8. The van der Waals surface area contributed by atoms with Crippen LogP contribution in [0.1, 0.15) is 0 Å². The van der Waals surface area contributed by atoms with Gasteiger partial charge in [-0.25, -0.2) is 8.42 Å². The maximum atomic E-state index is 12.6. The van der Waals surface area contributed by atoms with E-state index in [2.05, 4.69) is 31.5 Å². The monoisotopic (exact) mass is 466 g/mol. The average Bonchev–Trinajstić information content (AvgIpc) is 2.76. The molecule has 7 N–H and O–H groups in total. The lowest BCUT2D eigenvalue weighted by Crippen LogP contribution is -2.43. The van der Waals surface area contributed by atoms with Crippen LogP contribution < -0.4 is 31.5 Å². The molecule has 2 amide bonds. The summed E-state index contributed by atoms with van der Waals surface area (Å²) < 4.78 is 27.8. The largest absolute Gasteiger partial charge is 0.395 e. The van der Waals surface area contributed by atoms with Crippen molar-refractivity contribution in [2.75, 3.05) is 35.7 Å². The number of anilines is 3. The summed E-state index contributed by atoms with van der Waals surface area (Å²) in [5.74, 6) is -1.84. The molecule has 0 aromatic heterocycles. The third-order valence-corrected chi connectivity index (χ3v) is 5.38. The number of aliphatic hydroxyl groups is 1. The van der Waals surface area contributed by atoms with Crippen molar-refractivity contribution in [3.63, 3.8) is 0 Å². The zero-order valence-corrected chi connectivity index (χ0v) is 18.1. The van der Waals surface area contributed by atoms with Crippen LogP contribution in [0.5, 0.6) is 0 Å². The molecule has 0 aliphatic rings. The Morgan fingerprint density at radius 2 is 1.68 bits per heavy atom. The molecule has 0 saturated heterocycles. The van der Waals surface area contributed by atoms with Gasteiger partial charge in [-0.3, -0.25) is 25.2 Å². The lowest BCUT2D eigenvalue weighted by Gasteiger charge is -2.12. The summed E-state index contributed by atoms with van der Waals surface area (Å²) in [6.07, 6.45) is 0. The number of aliphatic hydroxyl groups excluding tert-OH is 1. The molecule has 0 spiro atoms. The van der Waals surface area contributed by atoms with Crippen molar-refractivity contribution >= 4 is 56.2 Å². The van der Waals surface area contributed by atoms with E-state index >= 15 is 0 Å². The highest BCUT2D eigenvalue weighted by Crippen LogP contribution is 2.20. The number of nitrogens with one attached hydrogen (secondary N) is 6. The Labute approximate surface area is 184 Å². The molecule has 2 rings (SSSR count). The molecular formula is C18H22N6O5S2. The molecule has 0 aliphatic heterocycles. The molecule has 0 radical (unpaired) electrons. The second kappa shape index (κ2) is 11.1. The summed E-state index contributed by atoms with van der Waals surface area (Å²) in [7, 11) is -2.21. The van der Waals surface area contributed by atoms with Crippen molar-refractivity contribution in [1.82, 2.24) is 16.1 Å². The Morgan fingerprint density at radius 1 is 1.00 bits per heavy atom. The normalized spacial score (nSPS) is 10.5. The number of hydrogen-bond donors (Lipinski definition) is 7. The molecule has 166 valence electrons. The van der Waals surface area contributed by atoms with Crippen molar-refractivity contribution in [3.8, 4) is 0 Å². The SMILES string of the molecule is CNC(=S)Nc1cccc(S(=O)(=O)Nc2ccc(NNC(=O)C(=O)NCCO)cc2)c1. The van der Waals surface area contributed by atoms with Crippen LogP contribution in [-0.2, 0) is 19.6 Å². The molecule has 0 aliphatic carbocycles. The first-order valence-corrected chi connectivity index (χ1v) is 10.8. The van der Waals surface area contributed by atoms with Crippen LogP contribution in [0.25, 0.3) is 0 Å². The fourth-order valence-electron chi connectivity index (χ4n) is 2.21. The lowest BCUT2D eigenvalue weighted by atomic mass is 10.3. The van der Waals surface area contributed by atoms with Gasteiger partial charge in [-0.05, 0) is 54.7 Å². The first kappa shape index (κ1) is 23.9. The van der Waals surface area contributed by atoms with E-state index in [1.54, 1.807) is 19.2 Å². The number of benzene rings is 2. The summed E-state index contributed by atoms with van der Waals surface area (Å²) in [4.78, 5) is 23.0. The minimum absolute atomic E-state index is 0.0394. The van der Waals surface area contributed by atoms with E-state index in [9.17, 15) is 18.0 Å². The van der Waals surface area contributed by atoms with Crippen LogP contribution in [0.4, 0.5) is 17.1 Å². The molecule has 0 saturated carbocycles. The Bertz CT molecular complexity index is 1040. The molecule has 0 unspecified atom stereocenters. The van der Waals surface area contributed by atoms with Crippen LogP contribution in [0.15, 0.2) is 53.4 Å². The average molecular weight is 467 g/mol. The van der Waals surface area contributed by atoms with Gasteiger partial charge in [0.05, 0.1) is 17.2 Å². The first-order chi connectivity index (χ1) is 14.7. The summed E-state index contributed by atoms with van der Waals surface area (Å²) >= 11 is 5.01. The Hall–Kier alpha value is -3.42. The quantitative estimate of drug-likeness (QED) is 0.161. The minimum Gasteiger partial charge on any atom is -0.395 e. The van der Waals surface area contributed by atoms with Crippen LogP contribution in [-0.4, -0.2) is 50.7 Å². The van der Waals surface area contributed by atoms with E-state index in [-0.39, 0.29) is 18.0 Å². The molecule has 0 fully saturated rings. The van der Waals surface area contributed by atoms with Crippen molar-refractivity contribution in [2.24, 2.45) is 0 Å². The van der Waals surface area contributed by atoms with E-state index in [1.165, 1.54) is 36.4 Å². The Balaban J connectivity index is 1.99. The first-order valence-electron chi connectivity index (χ1n) is 8.92. The molecule has 0 heterocycles. The second-order valence-electron chi connectivity index (χ2n) is 5.97. The van der Waals surface area contributed by atoms with Crippen molar-refractivity contribution in [2.45, 2.75) is 4.90 Å². The molecular weight excluding hydrogens is 444 g/mol. The second-order valence-corrected chi connectivity index (χ2v) is 8.06. The maximum absolute atomic E-state index is 12.6. The van der Waals surface area contributed by atoms with E-state index in [1.807, 2.05) is 0 Å². The highest BCUT2D eigenvalue weighted by molar-refractivity contribution is 7.92. The molecule has 11 nitrogen and oxygen atoms in total. The number of thiocarbonyl (C=S) groups is 1. The van der Waals surface area contributed by atoms with Crippen molar-refractivity contribution < 1.29 is 23.1 Å². The highest BCUT2D eigenvalue weighted by Gasteiger charge is 2.15. The summed E-state index contributed by atoms with van der Waals surface area (Å²) in [6.45, 7) is -0.323. The molecule has 2 aromatic rings. The molecule has 13 heteroatoms. The third kappa shape index (κ3) is 7.40. The van der Waals surface area contributed by atoms with Crippen molar-refractivity contribution in [3.05, 3.63) is 48.5 Å². The predicted octanol–water partition coefficient (Wildman–Crippen LogP) is -0.0448. The van der Waals surface area contributed by atoms with E-state index in [0.29, 0.717) is 22.2 Å². The number of carbonyl (C=O) groups is 2. The summed E-state index contributed by atoms with van der Waals surface area (Å²) in [6, 6.07) is 12.1. The van der Waals surface area contributed by atoms with Gasteiger partial charge >= 0.3 is 11.8 Å². The van der Waals surface area contributed by atoms with Gasteiger partial charge in [0.15, 0.2) is 5.11 Å². The highest BCUT2D eigenvalue weighted by atomic mass is 32.2. The van der Waals surface area contributed by atoms with E-state index < -0.39 is 21.8 Å². The van der Waals surface area contributed by atoms with Gasteiger partial charge in [-0.15, -0.1) is 0 Å². The van der Waals surface area contributed by atoms with Gasteiger partial charge in [0.1, 0.15) is 0 Å². The number of rotatable bonds is 8. The van der Waals surface area contributed by atoms with Crippen LogP contribution in [0.2, 0.25) is 0 Å². The van der Waals surface area contributed by atoms with Gasteiger partial charge in [-0.1, -0.05) is 6.07 Å². The fourth-order valence-corrected chi connectivity index (χ4v) is 3.43. The smallest absolute Gasteiger partial charge is 0.327 e. The van der Waals surface area contributed by atoms with Crippen LogP contribution in [0.3, 0.4) is 0 Å². The maximum Gasteiger partial charge on any atom is 0.327 e. The van der Waals surface area contributed by atoms with Gasteiger partial charge < -0.3 is 21.1 Å². The molecule has 0 bridgehead atoms. The zero-order valence-electron chi connectivity index (χ0n) is 16.4. The number of hydrazine groups is 1. The van der Waals surface area contributed by atoms with E-state index in [0.717, 1.165) is 0 Å². The van der Waals surface area contributed by atoms with Gasteiger partial charge in [0, 0.05) is 25.0 Å². The Kier molecular flexibility index (Phi) is 8.54. The number of hydrogen-bond acceptors (Lipinski definition) is 7. The van der Waals surface area contributed by atoms with Gasteiger partial charge in [0.2, 0.25) is 0 Å². The number of sulfonamides is 1. The van der Waals surface area contributed by atoms with Crippen LogP contribution in [0, 0.1) is 0 Å². The topological polar surface area (TPSA) is 161 Å². The molecule has 0 atom stereocenters. The lowest BCUT2D eigenvalue weighted by molar-refractivity contribution is -0.138. The van der Waals surface area contributed by atoms with Gasteiger partial charge in [-0.2, -0.15) is 0 Å². The van der Waals surface area contributed by atoms with Crippen LogP contribution >= 0.6 is 12.2 Å². The number of amides is 2. The minimum atomic E-state index is -3.85. The fraction of sp³-hybridized carbons (Fsp3) is 0.167. The summed E-state index contributed by atoms with van der Waals surface area (Å²) in [5.41, 5.74) is 5.93. The van der Waals surface area contributed by atoms with Crippen molar-refractivity contribution in [1.29, 1.82) is 0 Å². The molecule has 2 aromatic carbocycles. The third-order valence-electron chi connectivity index (χ3n) is 3.69. The van der Waals surface area contributed by atoms with E-state index in [4.69, 9.17) is 17.3 Å². The standard InChI is InChI=1S/C18H22N6O5S2/c1-19-18(30)21-14-3-2-4-15(11-14)31(28,29)24-13-7-5-12(6-8-13)22-23-17(27)16(26)20-9-10-25/h2-8,11,22,24-25H,9-10H2,1H3,(H,20,26)(H,23,27)(H2,19,21,30). The number of carbonyl (C=O) groups excluding carboxylic acids is 2. The van der Waals surface area contributed by atoms with Gasteiger partial charge in [0.25, 0.3) is 10.0 Å². The molecule has 31 heavy (non-hydrogen) atoms. The zero-order chi connectivity index (χ0) is 22.9.